The molecule has 2 N–H and O–H groups in total. The standard InChI is InChI=1S/C11H12Cl4N2O3/c1-2-20-10(18)16-9(11(13,14)15)17(19)8-5-3-4-7(12)6-8/h3-6,9,19H,2H2,1H3,(H,16,18)/t9-/m1/s1. The highest BCUT2D eigenvalue weighted by atomic mass is 35.6. The number of carbonyl (C=O) groups is 1. The third kappa shape index (κ3) is 5.07. The Morgan fingerprint density at radius 1 is 1.50 bits per heavy atom. The van der Waals surface area contributed by atoms with Crippen LogP contribution in [0.15, 0.2) is 24.3 Å². The van der Waals surface area contributed by atoms with Gasteiger partial charge in [-0.3, -0.25) is 10.5 Å². The Kier molecular flexibility index (Phi) is 6.48. The molecule has 0 unspecified atom stereocenters. The maximum atomic E-state index is 11.4. The summed E-state index contributed by atoms with van der Waals surface area (Å²) in [7, 11) is 0. The number of alkyl carbamates (subject to hydrolysis) is 1. The molecule has 0 heterocycles. The fourth-order valence-corrected chi connectivity index (χ4v) is 1.96. The molecule has 20 heavy (non-hydrogen) atoms. The van der Waals surface area contributed by atoms with Crippen molar-refractivity contribution in [2.75, 3.05) is 11.7 Å². The van der Waals surface area contributed by atoms with E-state index in [0.717, 1.165) is 0 Å². The van der Waals surface area contributed by atoms with Crippen molar-refractivity contribution in [3.05, 3.63) is 29.3 Å². The highest BCUT2D eigenvalue weighted by Gasteiger charge is 2.39. The molecule has 1 atom stereocenters. The molecular formula is C11H12Cl4N2O3. The number of amides is 1. The van der Waals surface area contributed by atoms with Gasteiger partial charge < -0.3 is 4.74 Å². The maximum absolute atomic E-state index is 11.4. The van der Waals surface area contributed by atoms with Crippen LogP contribution in [0.5, 0.6) is 0 Å². The lowest BCUT2D eigenvalue weighted by atomic mass is 10.3. The lowest BCUT2D eigenvalue weighted by Gasteiger charge is -2.32. The highest BCUT2D eigenvalue weighted by Crippen LogP contribution is 2.34. The lowest BCUT2D eigenvalue weighted by molar-refractivity contribution is 0.134. The van der Waals surface area contributed by atoms with E-state index < -0.39 is 16.1 Å². The van der Waals surface area contributed by atoms with Gasteiger partial charge >= 0.3 is 6.09 Å². The molecule has 1 rings (SSSR count). The van der Waals surface area contributed by atoms with E-state index in [1.807, 2.05) is 0 Å². The van der Waals surface area contributed by atoms with Crippen LogP contribution in [0.25, 0.3) is 0 Å². The smallest absolute Gasteiger partial charge is 0.408 e. The molecule has 1 aromatic carbocycles. The van der Waals surface area contributed by atoms with E-state index in [1.54, 1.807) is 19.1 Å². The average Bonchev–Trinajstić information content (AvgIpc) is 2.34. The minimum absolute atomic E-state index is 0.140. The van der Waals surface area contributed by atoms with Crippen LogP contribution in [0.1, 0.15) is 6.92 Å². The van der Waals surface area contributed by atoms with Crippen LogP contribution in [0.4, 0.5) is 10.5 Å². The van der Waals surface area contributed by atoms with Crippen LogP contribution < -0.4 is 10.4 Å². The number of carbonyl (C=O) groups excluding carboxylic acids is 1. The summed E-state index contributed by atoms with van der Waals surface area (Å²) in [5.74, 6) is 0. The fraction of sp³-hybridized carbons (Fsp3) is 0.364. The molecular weight excluding hydrogens is 350 g/mol. The first-order valence-corrected chi connectivity index (χ1v) is 7.00. The first kappa shape index (κ1) is 17.5. The number of hydroxylamine groups is 1. The van der Waals surface area contributed by atoms with Gasteiger partial charge in [-0.2, -0.15) is 0 Å². The van der Waals surface area contributed by atoms with E-state index in [0.29, 0.717) is 10.1 Å². The van der Waals surface area contributed by atoms with Gasteiger partial charge in [-0.25, -0.2) is 9.86 Å². The Hall–Kier alpha value is -0.590. The van der Waals surface area contributed by atoms with Crippen molar-refractivity contribution in [3.63, 3.8) is 0 Å². The van der Waals surface area contributed by atoms with Gasteiger partial charge in [-0.15, -0.1) is 0 Å². The molecule has 1 amide bonds. The number of nitrogens with one attached hydrogen (secondary N) is 1. The molecule has 9 heteroatoms. The summed E-state index contributed by atoms with van der Waals surface area (Å²) in [6, 6.07) is 6.18. The number of ether oxygens (including phenoxy) is 1. The Labute approximate surface area is 136 Å². The molecule has 5 nitrogen and oxygen atoms in total. The number of anilines is 1. The van der Waals surface area contributed by atoms with Crippen LogP contribution in [-0.2, 0) is 4.74 Å². The van der Waals surface area contributed by atoms with Crippen molar-refractivity contribution >= 4 is 58.2 Å². The topological polar surface area (TPSA) is 61.8 Å². The predicted octanol–water partition coefficient (Wildman–Crippen LogP) is 3.98. The Balaban J connectivity index is 2.96. The van der Waals surface area contributed by atoms with E-state index in [-0.39, 0.29) is 12.3 Å². The van der Waals surface area contributed by atoms with Crippen LogP contribution >= 0.6 is 46.4 Å². The molecule has 0 aromatic heterocycles. The minimum atomic E-state index is -2.00. The monoisotopic (exact) mass is 360 g/mol. The van der Waals surface area contributed by atoms with E-state index >= 15 is 0 Å². The van der Waals surface area contributed by atoms with Gasteiger partial charge in [0.1, 0.15) is 0 Å². The molecule has 0 radical (unpaired) electrons. The van der Waals surface area contributed by atoms with E-state index in [2.05, 4.69) is 10.1 Å². The molecule has 0 aliphatic rings. The van der Waals surface area contributed by atoms with Gasteiger partial charge in [0.15, 0.2) is 6.17 Å². The van der Waals surface area contributed by atoms with Crippen molar-refractivity contribution < 1.29 is 14.7 Å². The van der Waals surface area contributed by atoms with Crippen molar-refractivity contribution in [1.29, 1.82) is 0 Å². The third-order valence-corrected chi connectivity index (χ3v) is 3.01. The largest absolute Gasteiger partial charge is 0.450 e. The number of alkyl halides is 3. The summed E-state index contributed by atoms with van der Waals surface area (Å²) >= 11 is 23.1. The normalized spacial score (nSPS) is 12.7. The summed E-state index contributed by atoms with van der Waals surface area (Å²) in [6.07, 6.45) is -2.19. The molecule has 112 valence electrons. The van der Waals surface area contributed by atoms with E-state index in [1.165, 1.54) is 12.1 Å². The molecule has 0 aliphatic carbocycles. The summed E-state index contributed by atoms with van der Waals surface area (Å²) in [6.45, 7) is 1.76. The first-order chi connectivity index (χ1) is 9.25. The molecule has 0 spiro atoms. The number of halogens is 4. The van der Waals surface area contributed by atoms with Gasteiger partial charge in [0.05, 0.1) is 12.3 Å². The van der Waals surface area contributed by atoms with Crippen molar-refractivity contribution in [2.45, 2.75) is 16.9 Å². The van der Waals surface area contributed by atoms with Gasteiger partial charge in [-0.05, 0) is 25.1 Å². The number of benzene rings is 1. The van der Waals surface area contributed by atoms with Crippen LogP contribution in [0.3, 0.4) is 0 Å². The quantitative estimate of drug-likeness (QED) is 0.483. The maximum Gasteiger partial charge on any atom is 0.408 e. The van der Waals surface area contributed by atoms with Crippen LogP contribution in [0, 0.1) is 0 Å². The zero-order valence-electron chi connectivity index (χ0n) is 10.3. The first-order valence-electron chi connectivity index (χ1n) is 5.49. The number of hydrogen-bond donors (Lipinski definition) is 2. The second kappa shape index (κ2) is 7.43. The Morgan fingerprint density at radius 2 is 2.15 bits per heavy atom. The Bertz CT molecular complexity index is 467. The van der Waals surface area contributed by atoms with Crippen LogP contribution in [0.2, 0.25) is 5.02 Å². The van der Waals surface area contributed by atoms with Crippen molar-refractivity contribution in [1.82, 2.24) is 5.32 Å². The van der Waals surface area contributed by atoms with Crippen molar-refractivity contribution in [2.24, 2.45) is 0 Å². The fourth-order valence-electron chi connectivity index (χ4n) is 1.33. The average molecular weight is 362 g/mol. The molecule has 0 saturated heterocycles. The third-order valence-electron chi connectivity index (χ3n) is 2.16. The molecule has 0 saturated carbocycles. The van der Waals surface area contributed by atoms with E-state index in [9.17, 15) is 10.0 Å². The second-order valence-electron chi connectivity index (χ2n) is 3.63. The van der Waals surface area contributed by atoms with Crippen LogP contribution in [-0.4, -0.2) is 27.9 Å². The second-order valence-corrected chi connectivity index (χ2v) is 6.44. The lowest BCUT2D eigenvalue weighted by Crippen LogP contribution is -2.54. The SMILES string of the molecule is CCOC(=O)N[C@H](N(O)c1cccc(Cl)c1)C(Cl)(Cl)Cl. The number of rotatable bonds is 4. The molecule has 1 aromatic rings. The summed E-state index contributed by atoms with van der Waals surface area (Å²) in [4.78, 5) is 11.4. The molecule has 0 bridgehead atoms. The highest BCUT2D eigenvalue weighted by molar-refractivity contribution is 6.68. The predicted molar refractivity (Wildman–Crippen MR) is 80.0 cm³/mol. The van der Waals surface area contributed by atoms with Gasteiger partial charge in [-0.1, -0.05) is 52.5 Å². The zero-order valence-corrected chi connectivity index (χ0v) is 13.3. The van der Waals surface area contributed by atoms with Crippen molar-refractivity contribution in [3.8, 4) is 0 Å². The summed E-state index contributed by atoms with van der Waals surface area (Å²) < 4.78 is 2.69. The van der Waals surface area contributed by atoms with Gasteiger partial charge in [0.2, 0.25) is 3.79 Å². The molecule has 0 aliphatic heterocycles. The van der Waals surface area contributed by atoms with Gasteiger partial charge in [0, 0.05) is 5.02 Å². The zero-order chi connectivity index (χ0) is 15.3. The molecule has 0 fully saturated rings. The number of nitrogens with zero attached hydrogens (tertiary/aromatic N) is 1. The Morgan fingerprint density at radius 3 is 2.65 bits per heavy atom. The number of hydrogen-bond acceptors (Lipinski definition) is 4. The van der Waals surface area contributed by atoms with Gasteiger partial charge in [0.25, 0.3) is 0 Å². The summed E-state index contributed by atoms with van der Waals surface area (Å²) in [5, 5.41) is 13.3. The minimum Gasteiger partial charge on any atom is -0.450 e. The van der Waals surface area contributed by atoms with E-state index in [4.69, 9.17) is 46.4 Å². The summed E-state index contributed by atoms with van der Waals surface area (Å²) in [5.41, 5.74) is 0.241.